The van der Waals surface area contributed by atoms with E-state index >= 15 is 0 Å². The first-order valence-corrected chi connectivity index (χ1v) is 9.46. The van der Waals surface area contributed by atoms with E-state index in [0.717, 1.165) is 11.1 Å². The highest BCUT2D eigenvalue weighted by molar-refractivity contribution is 5.78. The van der Waals surface area contributed by atoms with Gasteiger partial charge in [0.05, 0.1) is 32.2 Å². The highest BCUT2D eigenvalue weighted by Crippen LogP contribution is 2.49. The molecule has 2 aliphatic heterocycles. The normalized spacial score (nSPS) is 27.4. The van der Waals surface area contributed by atoms with E-state index in [1.807, 2.05) is 53.5 Å². The van der Waals surface area contributed by atoms with E-state index in [9.17, 15) is 9.59 Å². The van der Waals surface area contributed by atoms with Gasteiger partial charge in [-0.15, -0.1) is 0 Å². The molecule has 6 heteroatoms. The number of nitrogens with zero attached hydrogens (tertiary/aromatic N) is 2. The molecule has 2 saturated heterocycles. The smallest absolute Gasteiger partial charge is 0.324 e. The van der Waals surface area contributed by atoms with Crippen LogP contribution in [0.3, 0.4) is 0 Å². The molecule has 28 heavy (non-hydrogen) atoms. The van der Waals surface area contributed by atoms with Gasteiger partial charge in [0.1, 0.15) is 6.04 Å². The van der Waals surface area contributed by atoms with Gasteiger partial charge in [-0.3, -0.25) is 9.59 Å². The van der Waals surface area contributed by atoms with Crippen LogP contribution in [0, 0.1) is 5.92 Å². The summed E-state index contributed by atoms with van der Waals surface area (Å²) >= 11 is 0. The summed E-state index contributed by atoms with van der Waals surface area (Å²) in [6.45, 7) is 0.499. The quantitative estimate of drug-likeness (QED) is 0.761. The van der Waals surface area contributed by atoms with Gasteiger partial charge in [-0.25, -0.2) is 10.0 Å². The zero-order valence-electron chi connectivity index (χ0n) is 16.0. The first-order valence-electron chi connectivity index (χ1n) is 9.46. The van der Waals surface area contributed by atoms with Gasteiger partial charge in [0.2, 0.25) is 0 Å². The molecule has 146 valence electrons. The van der Waals surface area contributed by atoms with Crippen molar-refractivity contribution in [2.45, 2.75) is 24.5 Å². The topological polar surface area (TPSA) is 59.1 Å². The van der Waals surface area contributed by atoms with Crippen LogP contribution < -0.4 is 0 Å². The third-order valence-electron chi connectivity index (χ3n) is 5.77. The predicted molar refractivity (Wildman–Crippen MR) is 103 cm³/mol. The number of benzene rings is 2. The second kappa shape index (κ2) is 7.73. The van der Waals surface area contributed by atoms with Crippen molar-refractivity contribution in [2.75, 3.05) is 20.8 Å². The second-order valence-corrected chi connectivity index (χ2v) is 7.19. The summed E-state index contributed by atoms with van der Waals surface area (Å²) in [5, 5.41) is 4.19. The predicted octanol–water partition coefficient (Wildman–Crippen LogP) is 2.74. The number of hydrogen-bond donors (Lipinski definition) is 0. The Morgan fingerprint density at radius 1 is 0.857 bits per heavy atom. The van der Waals surface area contributed by atoms with Gasteiger partial charge in [0.25, 0.3) is 0 Å². The van der Waals surface area contributed by atoms with Crippen molar-refractivity contribution < 1.29 is 19.1 Å². The molecule has 6 nitrogen and oxygen atoms in total. The van der Waals surface area contributed by atoms with Crippen molar-refractivity contribution in [2.24, 2.45) is 5.92 Å². The summed E-state index contributed by atoms with van der Waals surface area (Å²) in [4.78, 5) is 25.3. The van der Waals surface area contributed by atoms with Gasteiger partial charge in [0.15, 0.2) is 0 Å². The summed E-state index contributed by atoms with van der Waals surface area (Å²) < 4.78 is 10.2. The Kier molecular flexibility index (Phi) is 5.15. The number of hydrogen-bond acceptors (Lipinski definition) is 6. The minimum absolute atomic E-state index is 0.00571. The zero-order chi connectivity index (χ0) is 19.7. The van der Waals surface area contributed by atoms with E-state index in [0.29, 0.717) is 13.0 Å². The lowest BCUT2D eigenvalue weighted by molar-refractivity contribution is -0.152. The van der Waals surface area contributed by atoms with Crippen molar-refractivity contribution in [1.29, 1.82) is 0 Å². The van der Waals surface area contributed by atoms with E-state index in [-0.39, 0.29) is 29.9 Å². The van der Waals surface area contributed by atoms with Crippen LogP contribution >= 0.6 is 0 Å². The maximum atomic E-state index is 12.6. The molecule has 0 bridgehead atoms. The number of hydrazine groups is 1. The molecule has 4 rings (SSSR count). The third kappa shape index (κ3) is 3.08. The summed E-state index contributed by atoms with van der Waals surface area (Å²) in [6, 6.07) is 19.2. The lowest BCUT2D eigenvalue weighted by atomic mass is 9.91. The Morgan fingerprint density at radius 2 is 1.43 bits per heavy atom. The lowest BCUT2D eigenvalue weighted by Gasteiger charge is -2.31. The van der Waals surface area contributed by atoms with Crippen molar-refractivity contribution in [3.05, 3.63) is 71.8 Å². The molecule has 2 heterocycles. The summed E-state index contributed by atoms with van der Waals surface area (Å²) in [7, 11) is 2.82. The van der Waals surface area contributed by atoms with E-state index in [1.165, 1.54) is 14.2 Å². The second-order valence-electron chi connectivity index (χ2n) is 7.19. The van der Waals surface area contributed by atoms with E-state index < -0.39 is 6.04 Å². The van der Waals surface area contributed by atoms with Crippen LogP contribution in [0.1, 0.15) is 29.6 Å². The zero-order valence-corrected chi connectivity index (χ0v) is 16.0. The molecular formula is C22H24N2O4. The SMILES string of the molecule is COC(=O)[C@@H]1CN2[C@H](c3ccccc3)C[C@@H](C(=O)OC)N2[C@H]1c1ccccc1. The summed E-state index contributed by atoms with van der Waals surface area (Å²) in [6.07, 6.45) is 0.619. The molecule has 4 atom stereocenters. The molecule has 2 fully saturated rings. The monoisotopic (exact) mass is 380 g/mol. The Morgan fingerprint density at radius 3 is 2.00 bits per heavy atom. The third-order valence-corrected chi connectivity index (χ3v) is 5.77. The minimum atomic E-state index is -0.449. The van der Waals surface area contributed by atoms with Gasteiger partial charge in [-0.05, 0) is 17.5 Å². The number of carbonyl (C=O) groups excluding carboxylic acids is 2. The van der Waals surface area contributed by atoms with Crippen molar-refractivity contribution in [3.63, 3.8) is 0 Å². The number of rotatable bonds is 4. The maximum absolute atomic E-state index is 12.6. The Labute approximate surface area is 164 Å². The average Bonchev–Trinajstić information content (AvgIpc) is 3.31. The molecule has 2 aromatic carbocycles. The van der Waals surface area contributed by atoms with Crippen LogP contribution in [0.5, 0.6) is 0 Å². The number of carbonyl (C=O) groups is 2. The summed E-state index contributed by atoms with van der Waals surface area (Å²) in [5.74, 6) is -0.931. The molecule has 0 amide bonds. The molecule has 2 aromatic rings. The fraction of sp³-hybridized carbons (Fsp3) is 0.364. The molecule has 2 aliphatic rings. The number of esters is 2. The van der Waals surface area contributed by atoms with Crippen LogP contribution in [-0.2, 0) is 19.1 Å². The molecule has 0 unspecified atom stereocenters. The van der Waals surface area contributed by atoms with Crippen LogP contribution in [-0.4, -0.2) is 48.8 Å². The van der Waals surface area contributed by atoms with Crippen LogP contribution in [0.25, 0.3) is 0 Å². The van der Waals surface area contributed by atoms with Gasteiger partial charge in [-0.2, -0.15) is 0 Å². The van der Waals surface area contributed by atoms with Crippen LogP contribution in [0.15, 0.2) is 60.7 Å². The van der Waals surface area contributed by atoms with Crippen molar-refractivity contribution >= 4 is 11.9 Å². The largest absolute Gasteiger partial charge is 0.469 e. The van der Waals surface area contributed by atoms with Crippen LogP contribution in [0.4, 0.5) is 0 Å². The molecule has 0 N–H and O–H groups in total. The molecule has 0 aliphatic carbocycles. The number of ether oxygens (including phenoxy) is 2. The molecular weight excluding hydrogens is 356 g/mol. The number of methoxy groups -OCH3 is 2. The average molecular weight is 380 g/mol. The van der Waals surface area contributed by atoms with Gasteiger partial charge in [0, 0.05) is 6.54 Å². The first-order chi connectivity index (χ1) is 13.7. The number of fused-ring (bicyclic) bond motifs is 1. The van der Waals surface area contributed by atoms with E-state index in [2.05, 4.69) is 17.1 Å². The van der Waals surface area contributed by atoms with Crippen molar-refractivity contribution in [1.82, 2.24) is 10.0 Å². The fourth-order valence-electron chi connectivity index (χ4n) is 4.56. The van der Waals surface area contributed by atoms with Crippen molar-refractivity contribution in [3.8, 4) is 0 Å². The lowest BCUT2D eigenvalue weighted by Crippen LogP contribution is -2.42. The fourth-order valence-corrected chi connectivity index (χ4v) is 4.56. The Balaban J connectivity index is 1.79. The molecule has 0 spiro atoms. The summed E-state index contributed by atoms with van der Waals surface area (Å²) in [5.41, 5.74) is 2.11. The maximum Gasteiger partial charge on any atom is 0.324 e. The van der Waals surface area contributed by atoms with E-state index in [4.69, 9.17) is 9.47 Å². The van der Waals surface area contributed by atoms with Crippen LogP contribution in [0.2, 0.25) is 0 Å². The Hall–Kier alpha value is -2.70. The van der Waals surface area contributed by atoms with E-state index in [1.54, 1.807) is 0 Å². The van der Waals surface area contributed by atoms with Gasteiger partial charge < -0.3 is 9.47 Å². The highest BCUT2D eigenvalue weighted by Gasteiger charge is 2.56. The molecule has 0 saturated carbocycles. The first kappa shape index (κ1) is 18.7. The van der Waals surface area contributed by atoms with Gasteiger partial charge >= 0.3 is 11.9 Å². The highest BCUT2D eigenvalue weighted by atomic mass is 16.5. The van der Waals surface area contributed by atoms with Gasteiger partial charge in [-0.1, -0.05) is 60.7 Å². The standard InChI is InChI=1S/C22H24N2O4/c1-27-21(25)17-14-23-18(15-9-5-3-6-10-15)13-19(22(26)28-2)24(23)20(17)16-11-7-4-8-12-16/h3-12,17-20H,13-14H2,1-2H3/t17-,18+,19+,20+/m1/s1. The minimum Gasteiger partial charge on any atom is -0.469 e. The molecule has 0 aromatic heterocycles. The Bertz CT molecular complexity index is 842. The molecule has 0 radical (unpaired) electrons.